The van der Waals surface area contributed by atoms with Gasteiger partial charge in [0.25, 0.3) is 0 Å². The van der Waals surface area contributed by atoms with Crippen LogP contribution in [0.1, 0.15) is 11.6 Å². The highest BCUT2D eigenvalue weighted by atomic mass is 32.2. The Balaban J connectivity index is 2.26. The minimum Gasteiger partial charge on any atom is -0.497 e. The molecule has 2 rings (SSSR count). The number of hydrogen-bond acceptors (Lipinski definition) is 4. The van der Waals surface area contributed by atoms with Gasteiger partial charge in [0, 0.05) is 6.54 Å². The zero-order valence-corrected chi connectivity index (χ0v) is 12.5. The average Bonchev–Trinajstić information content (AvgIpc) is 2.53. The first kappa shape index (κ1) is 15.5. The van der Waals surface area contributed by atoms with Crippen LogP contribution in [0.15, 0.2) is 59.5 Å². The summed E-state index contributed by atoms with van der Waals surface area (Å²) < 4.78 is 32.4. The molecule has 0 saturated heterocycles. The molecule has 5 nitrogen and oxygen atoms in total. The highest BCUT2D eigenvalue weighted by molar-refractivity contribution is 7.89. The van der Waals surface area contributed by atoms with Crippen molar-refractivity contribution in [2.45, 2.75) is 10.9 Å². The SMILES string of the molecule is COc1cccc(C(CN)NS(=O)(=O)c2ccccc2)c1. The molecule has 0 radical (unpaired) electrons. The summed E-state index contributed by atoms with van der Waals surface area (Å²) in [6.45, 7) is 0.152. The normalized spacial score (nSPS) is 12.9. The molecule has 0 aromatic heterocycles. The van der Waals surface area contributed by atoms with Crippen LogP contribution >= 0.6 is 0 Å². The minimum atomic E-state index is -3.61. The predicted molar refractivity (Wildman–Crippen MR) is 81.6 cm³/mol. The van der Waals surface area contributed by atoms with E-state index in [1.165, 1.54) is 0 Å². The Hall–Kier alpha value is -1.89. The first-order valence-corrected chi connectivity index (χ1v) is 7.96. The van der Waals surface area contributed by atoms with Crippen molar-refractivity contribution < 1.29 is 13.2 Å². The van der Waals surface area contributed by atoms with E-state index in [0.29, 0.717) is 5.75 Å². The van der Waals surface area contributed by atoms with Crippen LogP contribution in [-0.4, -0.2) is 22.1 Å². The molecule has 0 aliphatic carbocycles. The van der Waals surface area contributed by atoms with Crippen LogP contribution in [-0.2, 0) is 10.0 Å². The minimum absolute atomic E-state index is 0.152. The lowest BCUT2D eigenvalue weighted by molar-refractivity contribution is 0.413. The molecule has 0 aliphatic rings. The molecule has 3 N–H and O–H groups in total. The summed E-state index contributed by atoms with van der Waals surface area (Å²) in [6, 6.07) is 14.9. The van der Waals surface area contributed by atoms with Gasteiger partial charge in [-0.2, -0.15) is 0 Å². The third-order valence-electron chi connectivity index (χ3n) is 3.08. The fourth-order valence-corrected chi connectivity index (χ4v) is 3.22. The zero-order chi connectivity index (χ0) is 15.3. The van der Waals surface area contributed by atoms with Crippen molar-refractivity contribution in [3.05, 3.63) is 60.2 Å². The number of ether oxygens (including phenoxy) is 1. The van der Waals surface area contributed by atoms with E-state index in [-0.39, 0.29) is 11.4 Å². The van der Waals surface area contributed by atoms with Gasteiger partial charge in [-0.25, -0.2) is 13.1 Å². The van der Waals surface area contributed by atoms with Gasteiger partial charge in [0.1, 0.15) is 5.75 Å². The van der Waals surface area contributed by atoms with Gasteiger partial charge in [-0.3, -0.25) is 0 Å². The standard InChI is InChI=1S/C15H18N2O3S/c1-20-13-7-5-6-12(10-13)15(11-16)17-21(18,19)14-8-3-2-4-9-14/h2-10,15,17H,11,16H2,1H3. The number of methoxy groups -OCH3 is 1. The molecule has 0 fully saturated rings. The van der Waals surface area contributed by atoms with Crippen molar-refractivity contribution >= 4 is 10.0 Å². The van der Waals surface area contributed by atoms with Crippen LogP contribution in [0.4, 0.5) is 0 Å². The van der Waals surface area contributed by atoms with Crippen LogP contribution in [0.3, 0.4) is 0 Å². The smallest absolute Gasteiger partial charge is 0.241 e. The molecule has 112 valence electrons. The Morgan fingerprint density at radius 3 is 2.48 bits per heavy atom. The quantitative estimate of drug-likeness (QED) is 0.850. The Kier molecular flexibility index (Phi) is 4.95. The maximum Gasteiger partial charge on any atom is 0.241 e. The van der Waals surface area contributed by atoms with Crippen LogP contribution < -0.4 is 15.2 Å². The lowest BCUT2D eigenvalue weighted by Gasteiger charge is -2.18. The number of nitrogens with one attached hydrogen (secondary N) is 1. The van der Waals surface area contributed by atoms with E-state index in [0.717, 1.165) is 5.56 Å². The number of rotatable bonds is 6. The summed E-state index contributed by atoms with van der Waals surface area (Å²) in [7, 11) is -2.05. The summed E-state index contributed by atoms with van der Waals surface area (Å²) >= 11 is 0. The molecule has 1 atom stereocenters. The van der Waals surface area contributed by atoms with E-state index in [4.69, 9.17) is 10.5 Å². The van der Waals surface area contributed by atoms with Crippen molar-refractivity contribution in [3.8, 4) is 5.75 Å². The molecular formula is C15H18N2O3S. The number of benzene rings is 2. The number of hydrogen-bond donors (Lipinski definition) is 2. The first-order chi connectivity index (χ1) is 10.1. The molecule has 0 aliphatic heterocycles. The molecule has 0 bridgehead atoms. The van der Waals surface area contributed by atoms with E-state index in [1.54, 1.807) is 55.6 Å². The van der Waals surface area contributed by atoms with Crippen LogP contribution in [0, 0.1) is 0 Å². The van der Waals surface area contributed by atoms with E-state index in [1.807, 2.05) is 6.07 Å². The van der Waals surface area contributed by atoms with Gasteiger partial charge in [-0.05, 0) is 29.8 Å². The number of sulfonamides is 1. The third-order valence-corrected chi connectivity index (χ3v) is 4.57. The van der Waals surface area contributed by atoms with Crippen LogP contribution in [0.2, 0.25) is 0 Å². The van der Waals surface area contributed by atoms with Crippen LogP contribution in [0.5, 0.6) is 5.75 Å². The second-order valence-corrected chi connectivity index (χ2v) is 6.21. The fraction of sp³-hybridized carbons (Fsp3) is 0.200. The van der Waals surface area contributed by atoms with Gasteiger partial charge in [0.05, 0.1) is 18.0 Å². The van der Waals surface area contributed by atoms with Gasteiger partial charge < -0.3 is 10.5 Å². The second-order valence-electron chi connectivity index (χ2n) is 4.50. The van der Waals surface area contributed by atoms with Crippen molar-refractivity contribution in [2.75, 3.05) is 13.7 Å². The molecule has 0 saturated carbocycles. The molecule has 21 heavy (non-hydrogen) atoms. The maximum absolute atomic E-state index is 12.3. The Morgan fingerprint density at radius 1 is 1.14 bits per heavy atom. The molecule has 2 aromatic carbocycles. The van der Waals surface area contributed by atoms with Crippen molar-refractivity contribution in [3.63, 3.8) is 0 Å². The Morgan fingerprint density at radius 2 is 1.86 bits per heavy atom. The topological polar surface area (TPSA) is 81.4 Å². The maximum atomic E-state index is 12.3. The molecule has 1 unspecified atom stereocenters. The zero-order valence-electron chi connectivity index (χ0n) is 11.7. The average molecular weight is 306 g/mol. The van der Waals surface area contributed by atoms with Gasteiger partial charge in [-0.1, -0.05) is 30.3 Å². The van der Waals surface area contributed by atoms with Crippen molar-refractivity contribution in [1.82, 2.24) is 4.72 Å². The van der Waals surface area contributed by atoms with Crippen LogP contribution in [0.25, 0.3) is 0 Å². The van der Waals surface area contributed by atoms with Gasteiger partial charge >= 0.3 is 0 Å². The Labute approximate surface area is 124 Å². The summed E-state index contributed by atoms with van der Waals surface area (Å²) in [5.41, 5.74) is 6.47. The summed E-state index contributed by atoms with van der Waals surface area (Å²) in [5.74, 6) is 0.657. The van der Waals surface area contributed by atoms with Crippen molar-refractivity contribution in [1.29, 1.82) is 0 Å². The molecule has 0 spiro atoms. The predicted octanol–water partition coefficient (Wildman–Crippen LogP) is 1.67. The first-order valence-electron chi connectivity index (χ1n) is 6.48. The van der Waals surface area contributed by atoms with E-state index in [9.17, 15) is 8.42 Å². The summed E-state index contributed by atoms with van der Waals surface area (Å²) in [4.78, 5) is 0.214. The monoisotopic (exact) mass is 306 g/mol. The largest absolute Gasteiger partial charge is 0.497 e. The number of nitrogens with two attached hydrogens (primary N) is 1. The van der Waals surface area contributed by atoms with E-state index < -0.39 is 16.1 Å². The highest BCUT2D eigenvalue weighted by Gasteiger charge is 2.20. The molecule has 0 heterocycles. The van der Waals surface area contributed by atoms with Gasteiger partial charge in [0.2, 0.25) is 10.0 Å². The van der Waals surface area contributed by atoms with Gasteiger partial charge in [0.15, 0.2) is 0 Å². The van der Waals surface area contributed by atoms with E-state index >= 15 is 0 Å². The van der Waals surface area contributed by atoms with Crippen molar-refractivity contribution in [2.24, 2.45) is 5.73 Å². The molecule has 2 aromatic rings. The third kappa shape index (κ3) is 3.81. The fourth-order valence-electron chi connectivity index (χ4n) is 1.97. The highest BCUT2D eigenvalue weighted by Crippen LogP contribution is 2.20. The Bertz CT molecular complexity index is 687. The lowest BCUT2D eigenvalue weighted by Crippen LogP contribution is -2.33. The molecule has 6 heteroatoms. The van der Waals surface area contributed by atoms with Gasteiger partial charge in [-0.15, -0.1) is 0 Å². The summed E-state index contributed by atoms with van der Waals surface area (Å²) in [5, 5.41) is 0. The molecule has 0 amide bonds. The second kappa shape index (κ2) is 6.71. The summed E-state index contributed by atoms with van der Waals surface area (Å²) in [6.07, 6.45) is 0. The van der Waals surface area contributed by atoms with E-state index in [2.05, 4.69) is 4.72 Å². The molecular weight excluding hydrogens is 288 g/mol. The lowest BCUT2D eigenvalue weighted by atomic mass is 10.1.